The maximum atomic E-state index is 11.5. The van der Waals surface area contributed by atoms with E-state index in [0.717, 1.165) is 23.0 Å². The van der Waals surface area contributed by atoms with Crippen molar-refractivity contribution >= 4 is 32.1 Å². The van der Waals surface area contributed by atoms with Crippen LogP contribution in [-0.2, 0) is 9.84 Å². The highest BCUT2D eigenvalue weighted by atomic mass is 32.2. The molecular weight excluding hydrogens is 274 g/mol. The molecule has 1 aliphatic heterocycles. The number of benzene rings is 1. The molecular formula is C14H17N3O2S. The summed E-state index contributed by atoms with van der Waals surface area (Å²) in [6, 6.07) is 7.57. The fourth-order valence-electron chi connectivity index (χ4n) is 2.64. The standard InChI is InChI=1S/C14H17N3O2S/c15-12-3-1-2-11-13(4-6-16-14(11)12)17-8-10-5-7-20(18,19)9-10/h1-4,6,10H,5,7-9,15H2,(H,16,17). The Morgan fingerprint density at radius 1 is 1.35 bits per heavy atom. The minimum Gasteiger partial charge on any atom is -0.397 e. The van der Waals surface area contributed by atoms with Gasteiger partial charge in [0.25, 0.3) is 0 Å². The van der Waals surface area contributed by atoms with Crippen LogP contribution < -0.4 is 11.1 Å². The second kappa shape index (κ2) is 4.94. The van der Waals surface area contributed by atoms with E-state index in [0.29, 0.717) is 18.0 Å². The van der Waals surface area contributed by atoms with Crippen molar-refractivity contribution in [3.63, 3.8) is 0 Å². The first-order valence-electron chi connectivity index (χ1n) is 6.63. The van der Waals surface area contributed by atoms with Crippen molar-refractivity contribution in [2.45, 2.75) is 6.42 Å². The van der Waals surface area contributed by atoms with Crippen LogP contribution in [0.15, 0.2) is 30.5 Å². The van der Waals surface area contributed by atoms with Crippen molar-refractivity contribution in [1.29, 1.82) is 0 Å². The number of anilines is 2. The number of fused-ring (bicyclic) bond motifs is 1. The summed E-state index contributed by atoms with van der Waals surface area (Å²) in [6.45, 7) is 0.660. The first-order valence-corrected chi connectivity index (χ1v) is 8.45. The van der Waals surface area contributed by atoms with Crippen molar-refractivity contribution < 1.29 is 8.42 Å². The molecule has 0 saturated carbocycles. The van der Waals surface area contributed by atoms with Crippen LogP contribution in [-0.4, -0.2) is 31.5 Å². The van der Waals surface area contributed by atoms with Crippen molar-refractivity contribution in [1.82, 2.24) is 4.98 Å². The third-order valence-electron chi connectivity index (χ3n) is 3.71. The van der Waals surface area contributed by atoms with E-state index < -0.39 is 9.84 Å². The number of nitrogens with zero attached hydrogens (tertiary/aromatic N) is 1. The zero-order chi connectivity index (χ0) is 14.2. The SMILES string of the molecule is Nc1cccc2c(NCC3CCS(=O)(=O)C3)ccnc12. The smallest absolute Gasteiger partial charge is 0.150 e. The normalized spacial score (nSPS) is 21.1. The minimum absolute atomic E-state index is 0.185. The molecule has 1 aromatic heterocycles. The fourth-order valence-corrected chi connectivity index (χ4v) is 4.50. The van der Waals surface area contributed by atoms with Crippen LogP contribution in [0.5, 0.6) is 0 Å². The molecule has 106 valence electrons. The molecule has 1 saturated heterocycles. The van der Waals surface area contributed by atoms with E-state index >= 15 is 0 Å². The van der Waals surface area contributed by atoms with Gasteiger partial charge in [-0.2, -0.15) is 0 Å². The van der Waals surface area contributed by atoms with Gasteiger partial charge in [0.05, 0.1) is 22.7 Å². The maximum Gasteiger partial charge on any atom is 0.150 e. The molecule has 2 heterocycles. The van der Waals surface area contributed by atoms with E-state index in [1.165, 1.54) is 0 Å². The average Bonchev–Trinajstić information content (AvgIpc) is 2.77. The highest BCUT2D eigenvalue weighted by molar-refractivity contribution is 7.91. The Hall–Kier alpha value is -1.82. The quantitative estimate of drug-likeness (QED) is 0.840. The van der Waals surface area contributed by atoms with E-state index in [9.17, 15) is 8.42 Å². The van der Waals surface area contributed by atoms with E-state index in [4.69, 9.17) is 5.73 Å². The lowest BCUT2D eigenvalue weighted by molar-refractivity contribution is 0.596. The third-order valence-corrected chi connectivity index (χ3v) is 5.55. The van der Waals surface area contributed by atoms with Gasteiger partial charge in [0.15, 0.2) is 9.84 Å². The molecule has 3 rings (SSSR count). The number of nitrogens with two attached hydrogens (primary N) is 1. The predicted octanol–water partition coefficient (Wildman–Crippen LogP) is 1.66. The third kappa shape index (κ3) is 2.56. The molecule has 1 aliphatic rings. The molecule has 2 aromatic rings. The molecule has 3 N–H and O–H groups in total. The van der Waals surface area contributed by atoms with Crippen LogP contribution in [0.3, 0.4) is 0 Å². The maximum absolute atomic E-state index is 11.5. The molecule has 1 atom stereocenters. The molecule has 6 heteroatoms. The minimum atomic E-state index is -2.82. The molecule has 0 amide bonds. The molecule has 0 radical (unpaired) electrons. The van der Waals surface area contributed by atoms with E-state index in [2.05, 4.69) is 10.3 Å². The molecule has 1 aromatic carbocycles. The summed E-state index contributed by atoms with van der Waals surface area (Å²) in [5.74, 6) is 0.776. The number of pyridine rings is 1. The summed E-state index contributed by atoms with van der Waals surface area (Å²) in [5, 5.41) is 4.30. The van der Waals surface area contributed by atoms with Gasteiger partial charge >= 0.3 is 0 Å². The summed E-state index contributed by atoms with van der Waals surface area (Å²) < 4.78 is 22.9. The van der Waals surface area contributed by atoms with Gasteiger partial charge < -0.3 is 11.1 Å². The van der Waals surface area contributed by atoms with Crippen LogP contribution in [0, 0.1) is 5.92 Å². The molecule has 1 fully saturated rings. The van der Waals surface area contributed by atoms with Crippen LogP contribution in [0.2, 0.25) is 0 Å². The van der Waals surface area contributed by atoms with E-state index in [1.54, 1.807) is 6.20 Å². The lowest BCUT2D eigenvalue weighted by Gasteiger charge is -2.13. The number of para-hydroxylation sites is 1. The second-order valence-electron chi connectivity index (χ2n) is 5.25. The van der Waals surface area contributed by atoms with Gasteiger partial charge in [0.2, 0.25) is 0 Å². The molecule has 0 spiro atoms. The summed E-state index contributed by atoms with van der Waals surface area (Å²) in [6.07, 6.45) is 2.45. The molecule has 20 heavy (non-hydrogen) atoms. The van der Waals surface area contributed by atoms with Gasteiger partial charge in [0.1, 0.15) is 0 Å². The Balaban J connectivity index is 1.80. The first kappa shape index (κ1) is 13.2. The van der Waals surface area contributed by atoms with Crippen molar-refractivity contribution in [3.8, 4) is 0 Å². The lowest BCUT2D eigenvalue weighted by Crippen LogP contribution is -2.15. The summed E-state index contributed by atoms with van der Waals surface area (Å²) >= 11 is 0. The van der Waals surface area contributed by atoms with E-state index in [-0.39, 0.29) is 11.7 Å². The second-order valence-corrected chi connectivity index (χ2v) is 7.48. The van der Waals surface area contributed by atoms with Crippen molar-refractivity contribution in [2.75, 3.05) is 29.1 Å². The largest absolute Gasteiger partial charge is 0.397 e. The number of hydrogen-bond donors (Lipinski definition) is 2. The fraction of sp³-hybridized carbons (Fsp3) is 0.357. The van der Waals surface area contributed by atoms with Gasteiger partial charge in [-0.1, -0.05) is 12.1 Å². The highest BCUT2D eigenvalue weighted by Gasteiger charge is 2.27. The molecule has 5 nitrogen and oxygen atoms in total. The van der Waals surface area contributed by atoms with Crippen LogP contribution in [0.1, 0.15) is 6.42 Å². The molecule has 0 bridgehead atoms. The van der Waals surface area contributed by atoms with Gasteiger partial charge in [-0.05, 0) is 24.5 Å². The van der Waals surface area contributed by atoms with Crippen molar-refractivity contribution in [2.24, 2.45) is 5.92 Å². The zero-order valence-corrected chi connectivity index (χ0v) is 11.9. The average molecular weight is 291 g/mol. The van der Waals surface area contributed by atoms with Crippen LogP contribution in [0.4, 0.5) is 11.4 Å². The van der Waals surface area contributed by atoms with Crippen LogP contribution >= 0.6 is 0 Å². The Bertz CT molecular complexity index is 743. The number of nitrogens with one attached hydrogen (secondary N) is 1. The summed E-state index contributed by atoms with van der Waals surface area (Å²) in [4.78, 5) is 4.28. The zero-order valence-electron chi connectivity index (χ0n) is 11.0. The topological polar surface area (TPSA) is 85.1 Å². The van der Waals surface area contributed by atoms with E-state index in [1.807, 2.05) is 24.3 Å². The van der Waals surface area contributed by atoms with Gasteiger partial charge in [-0.15, -0.1) is 0 Å². The highest BCUT2D eigenvalue weighted by Crippen LogP contribution is 2.26. The Labute approximate surface area is 118 Å². The number of aromatic nitrogens is 1. The predicted molar refractivity (Wildman–Crippen MR) is 81.4 cm³/mol. The Morgan fingerprint density at radius 3 is 2.95 bits per heavy atom. The monoisotopic (exact) mass is 291 g/mol. The Morgan fingerprint density at radius 2 is 2.20 bits per heavy atom. The molecule has 1 unspecified atom stereocenters. The van der Waals surface area contributed by atoms with Crippen molar-refractivity contribution in [3.05, 3.63) is 30.5 Å². The lowest BCUT2D eigenvalue weighted by atomic mass is 10.1. The number of rotatable bonds is 3. The first-order chi connectivity index (χ1) is 9.55. The molecule has 0 aliphatic carbocycles. The van der Waals surface area contributed by atoms with Gasteiger partial charge in [-0.25, -0.2) is 8.42 Å². The number of nitrogen functional groups attached to an aromatic ring is 1. The number of hydrogen-bond acceptors (Lipinski definition) is 5. The number of sulfone groups is 1. The van der Waals surface area contributed by atoms with Gasteiger partial charge in [0, 0.05) is 23.8 Å². The van der Waals surface area contributed by atoms with Gasteiger partial charge in [-0.3, -0.25) is 4.98 Å². The summed E-state index contributed by atoms with van der Waals surface area (Å²) in [5.41, 5.74) is 8.28. The Kier molecular flexibility index (Phi) is 3.25. The van der Waals surface area contributed by atoms with Crippen LogP contribution in [0.25, 0.3) is 10.9 Å². The summed E-state index contributed by atoms with van der Waals surface area (Å²) in [7, 11) is -2.82.